The molecule has 0 aliphatic heterocycles. The van der Waals surface area contributed by atoms with Crippen molar-refractivity contribution in [1.82, 2.24) is 15.0 Å². The molecule has 9 aromatic carbocycles. The van der Waals surface area contributed by atoms with Crippen LogP contribution in [-0.2, 0) is 5.41 Å². The lowest BCUT2D eigenvalue weighted by Crippen LogP contribution is -2.25. The van der Waals surface area contributed by atoms with Crippen LogP contribution in [0.1, 0.15) is 22.3 Å². The van der Waals surface area contributed by atoms with Gasteiger partial charge in [-0.2, -0.15) is 0 Å². The van der Waals surface area contributed by atoms with Gasteiger partial charge in [-0.05, 0) is 85.0 Å². The minimum atomic E-state index is -0.348. The number of benzene rings is 9. The second kappa shape index (κ2) is 13.4. The van der Waals surface area contributed by atoms with Crippen molar-refractivity contribution in [2.24, 2.45) is 0 Å². The van der Waals surface area contributed by atoms with Gasteiger partial charge in [0.05, 0.1) is 5.41 Å². The topological polar surface area (TPSA) is 51.8 Å². The number of para-hydroxylation sites is 1. The van der Waals surface area contributed by atoms with Gasteiger partial charge in [0, 0.05) is 27.5 Å². The molecule has 4 nitrogen and oxygen atoms in total. The molecule has 0 amide bonds. The lowest BCUT2D eigenvalue weighted by molar-refractivity contribution is 0.669. The van der Waals surface area contributed by atoms with E-state index in [0.29, 0.717) is 17.5 Å². The van der Waals surface area contributed by atoms with Gasteiger partial charge in [-0.15, -0.1) is 0 Å². The van der Waals surface area contributed by atoms with E-state index < -0.39 is 0 Å². The fourth-order valence-electron chi connectivity index (χ4n) is 10.3. The molecule has 0 unspecified atom stereocenters. The zero-order valence-electron chi connectivity index (χ0n) is 33.5. The summed E-state index contributed by atoms with van der Waals surface area (Å²) in [4.78, 5) is 15.5. The summed E-state index contributed by atoms with van der Waals surface area (Å²) < 4.78 is 6.28. The molecule has 4 heteroatoms. The quantitative estimate of drug-likeness (QED) is 0.174. The van der Waals surface area contributed by atoms with Gasteiger partial charge in [0.1, 0.15) is 11.2 Å². The number of rotatable bonds is 5. The molecular weight excluding hydrogens is 755 g/mol. The Labute approximate surface area is 358 Å². The number of hydrogen-bond acceptors (Lipinski definition) is 4. The molecule has 2 aliphatic rings. The van der Waals surface area contributed by atoms with Gasteiger partial charge in [-0.3, -0.25) is 0 Å². The highest BCUT2D eigenvalue weighted by molar-refractivity contribution is 6.11. The normalized spacial score (nSPS) is 13.0. The Kier molecular flexibility index (Phi) is 7.49. The number of hydrogen-bond donors (Lipinski definition) is 0. The number of furan rings is 1. The molecule has 2 aliphatic carbocycles. The summed E-state index contributed by atoms with van der Waals surface area (Å²) in [6.07, 6.45) is 0. The first-order valence-corrected chi connectivity index (χ1v) is 21.1. The number of nitrogens with zero attached hydrogens (tertiary/aromatic N) is 3. The lowest BCUT2D eigenvalue weighted by atomic mass is 9.70. The maximum atomic E-state index is 6.28. The Morgan fingerprint density at radius 2 is 0.774 bits per heavy atom. The van der Waals surface area contributed by atoms with Gasteiger partial charge in [0.2, 0.25) is 0 Å². The largest absolute Gasteiger partial charge is 0.456 e. The Balaban J connectivity index is 0.919. The number of aromatic nitrogens is 3. The Hall–Kier alpha value is -8.21. The third-order valence-corrected chi connectivity index (χ3v) is 13.0. The molecule has 0 saturated carbocycles. The second-order valence-electron chi connectivity index (χ2n) is 16.2. The van der Waals surface area contributed by atoms with Crippen molar-refractivity contribution in [3.05, 3.63) is 235 Å². The van der Waals surface area contributed by atoms with Crippen molar-refractivity contribution >= 4 is 21.9 Å². The molecule has 1 spiro atoms. The summed E-state index contributed by atoms with van der Waals surface area (Å²) in [5.74, 6) is 1.82. The van der Waals surface area contributed by atoms with Crippen LogP contribution in [0.2, 0.25) is 0 Å². The van der Waals surface area contributed by atoms with Crippen LogP contribution in [0.25, 0.3) is 101 Å². The van der Waals surface area contributed by atoms with Crippen LogP contribution in [0.4, 0.5) is 0 Å². The average molecular weight is 790 g/mol. The van der Waals surface area contributed by atoms with Crippen LogP contribution in [0, 0.1) is 0 Å². The Morgan fingerprint density at radius 3 is 1.48 bits per heavy atom. The smallest absolute Gasteiger partial charge is 0.164 e. The predicted molar refractivity (Wildman–Crippen MR) is 251 cm³/mol. The molecule has 0 atom stereocenters. The van der Waals surface area contributed by atoms with E-state index in [1.807, 2.05) is 60.7 Å². The third kappa shape index (κ3) is 4.98. The molecule has 0 N–H and O–H groups in total. The van der Waals surface area contributed by atoms with Crippen molar-refractivity contribution in [3.63, 3.8) is 0 Å². The molecule has 13 rings (SSSR count). The van der Waals surface area contributed by atoms with Gasteiger partial charge in [-0.1, -0.05) is 194 Å². The molecule has 0 radical (unpaired) electrons. The third-order valence-electron chi connectivity index (χ3n) is 13.0. The molecule has 0 bridgehead atoms. The van der Waals surface area contributed by atoms with Crippen LogP contribution in [0.5, 0.6) is 0 Å². The van der Waals surface area contributed by atoms with Gasteiger partial charge in [0.15, 0.2) is 17.5 Å². The monoisotopic (exact) mass is 789 g/mol. The van der Waals surface area contributed by atoms with Crippen molar-refractivity contribution in [2.75, 3.05) is 0 Å². The summed E-state index contributed by atoms with van der Waals surface area (Å²) in [7, 11) is 0. The summed E-state index contributed by atoms with van der Waals surface area (Å²) in [6.45, 7) is 0. The van der Waals surface area contributed by atoms with Crippen LogP contribution < -0.4 is 0 Å². The van der Waals surface area contributed by atoms with Crippen molar-refractivity contribution in [1.29, 1.82) is 0 Å². The molecule has 288 valence electrons. The van der Waals surface area contributed by atoms with Gasteiger partial charge < -0.3 is 4.42 Å². The van der Waals surface area contributed by atoms with E-state index in [1.165, 1.54) is 50.1 Å². The van der Waals surface area contributed by atoms with Crippen molar-refractivity contribution in [2.45, 2.75) is 5.41 Å². The Bertz CT molecular complexity index is 3540. The predicted octanol–water partition coefficient (Wildman–Crippen LogP) is 14.4. The first-order chi connectivity index (χ1) is 30.7. The van der Waals surface area contributed by atoms with Gasteiger partial charge in [-0.25, -0.2) is 15.0 Å². The molecule has 62 heavy (non-hydrogen) atoms. The van der Waals surface area contributed by atoms with Gasteiger partial charge >= 0.3 is 0 Å². The molecule has 2 aromatic heterocycles. The lowest BCUT2D eigenvalue weighted by Gasteiger charge is -2.30. The van der Waals surface area contributed by atoms with Crippen molar-refractivity contribution in [3.8, 4) is 78.7 Å². The molecule has 0 fully saturated rings. The van der Waals surface area contributed by atoms with E-state index in [2.05, 4.69) is 152 Å². The minimum Gasteiger partial charge on any atom is -0.456 e. The summed E-state index contributed by atoms with van der Waals surface area (Å²) in [6, 6.07) is 75.7. The number of fused-ring (bicyclic) bond motifs is 13. The van der Waals surface area contributed by atoms with E-state index in [1.54, 1.807) is 0 Å². The first-order valence-electron chi connectivity index (χ1n) is 21.1. The van der Waals surface area contributed by atoms with E-state index in [-0.39, 0.29) is 5.41 Å². The molecule has 11 aromatic rings. The highest BCUT2D eigenvalue weighted by atomic mass is 16.3. The Morgan fingerprint density at radius 1 is 0.290 bits per heavy atom. The summed E-state index contributed by atoms with van der Waals surface area (Å²) in [5.41, 5.74) is 19.2. The van der Waals surface area contributed by atoms with Crippen LogP contribution in [-0.4, -0.2) is 15.0 Å². The maximum Gasteiger partial charge on any atom is 0.164 e. The molecule has 0 saturated heterocycles. The molecular formula is C58H35N3O. The van der Waals surface area contributed by atoms with E-state index in [4.69, 9.17) is 19.4 Å². The summed E-state index contributed by atoms with van der Waals surface area (Å²) >= 11 is 0. The second-order valence-corrected chi connectivity index (χ2v) is 16.2. The standard InChI is InChI=1S/C58H35N3O/c1-2-15-38(16-3-1)55-59-56(61-57(60-55)46-23-14-28-53-54(46)45-22-9-13-27-52(45)62-53)44-21-5-4-17-40(44)37-31-29-36(30-32-37)39-33-34-51-47(35-39)43-20-8-12-26-50(43)58(51)48-24-10-6-18-41(48)42-19-7-11-25-49(42)58/h1-35H. The minimum absolute atomic E-state index is 0.348. The van der Waals surface area contributed by atoms with Crippen LogP contribution in [0.3, 0.4) is 0 Å². The fourth-order valence-corrected chi connectivity index (χ4v) is 10.3. The zero-order valence-corrected chi connectivity index (χ0v) is 33.5. The van der Waals surface area contributed by atoms with Gasteiger partial charge in [0.25, 0.3) is 0 Å². The highest BCUT2D eigenvalue weighted by Crippen LogP contribution is 2.63. The average Bonchev–Trinajstić information content (AvgIpc) is 3.98. The SMILES string of the molecule is c1ccc(-c2nc(-c3ccccc3-c3ccc(-c4ccc5c(c4)-c4ccccc4C54c5ccccc5-c5ccccc54)cc3)nc(-c3cccc4oc5ccccc5c34)n2)cc1. The van der Waals surface area contributed by atoms with Crippen molar-refractivity contribution < 1.29 is 4.42 Å². The fraction of sp³-hybridized carbons (Fsp3) is 0.0172. The van der Waals surface area contributed by atoms with E-state index >= 15 is 0 Å². The van der Waals surface area contributed by atoms with Crippen LogP contribution in [0.15, 0.2) is 217 Å². The van der Waals surface area contributed by atoms with E-state index in [9.17, 15) is 0 Å². The zero-order chi connectivity index (χ0) is 40.8. The maximum absolute atomic E-state index is 6.28. The van der Waals surface area contributed by atoms with Crippen LogP contribution >= 0.6 is 0 Å². The highest BCUT2D eigenvalue weighted by Gasteiger charge is 2.51. The first kappa shape index (κ1) is 34.6. The summed E-state index contributed by atoms with van der Waals surface area (Å²) in [5, 5.41) is 2.02. The molecule has 2 heterocycles. The van der Waals surface area contributed by atoms with E-state index in [0.717, 1.165) is 55.3 Å².